The zero-order valence-corrected chi connectivity index (χ0v) is 25.2. The van der Waals surface area contributed by atoms with Crippen molar-refractivity contribution in [1.82, 2.24) is 0 Å². The zero-order chi connectivity index (χ0) is 31.9. The number of unbranched alkanes of at least 4 members (excludes halogenated alkanes) is 1. The summed E-state index contributed by atoms with van der Waals surface area (Å²) in [6, 6.07) is 22.9. The highest BCUT2D eigenvalue weighted by atomic mass is 16.7. The van der Waals surface area contributed by atoms with E-state index in [0.717, 1.165) is 41.0 Å². The minimum Gasteiger partial charge on any atom is -0.494 e. The van der Waals surface area contributed by atoms with Crippen LogP contribution in [0.15, 0.2) is 104 Å². The second kappa shape index (κ2) is 17.1. The fraction of sp³-hybridized carbons (Fsp3) is 0.222. The van der Waals surface area contributed by atoms with Gasteiger partial charge in [0.1, 0.15) is 28.7 Å². The third-order valence-corrected chi connectivity index (χ3v) is 6.54. The molecule has 0 radical (unpaired) electrons. The number of esters is 2. The van der Waals surface area contributed by atoms with Crippen molar-refractivity contribution in [1.29, 1.82) is 0 Å². The molecule has 0 heterocycles. The van der Waals surface area contributed by atoms with Gasteiger partial charge in [-0.3, -0.25) is 0 Å². The van der Waals surface area contributed by atoms with Gasteiger partial charge in [-0.1, -0.05) is 32.2 Å². The first-order chi connectivity index (χ1) is 22.0. The molecule has 0 fully saturated rings. The van der Waals surface area contributed by atoms with Gasteiger partial charge in [0.2, 0.25) is 6.79 Å². The minimum atomic E-state index is -0.539. The SMILES string of the molecule is C=COCOCCCCOc1ccc(OCOc2ccc(OC(=O)c3ccc4cc(OC(=O)C=C)ccc4c3)c(CC)c2)cc1. The molecule has 0 N–H and O–H groups in total. The standard InChI is InChI=1S/C36H36O9/c1-4-26-22-32(43-25-42-31-15-13-30(14-16-31)41-20-8-7-19-40-24-39-6-3)17-18-34(26)45-36(38)29-10-9-28-23-33(44-35(37)5-2)12-11-27(28)21-29/h5-6,9-18,21-23H,2-4,7-8,19-20,24-25H2,1H3. The van der Waals surface area contributed by atoms with Crippen LogP contribution in [0, 0.1) is 0 Å². The van der Waals surface area contributed by atoms with Crippen molar-refractivity contribution in [2.24, 2.45) is 0 Å². The number of benzene rings is 4. The second-order valence-electron chi connectivity index (χ2n) is 9.65. The number of ether oxygens (including phenoxy) is 7. The van der Waals surface area contributed by atoms with Crippen LogP contribution in [0.1, 0.15) is 35.7 Å². The summed E-state index contributed by atoms with van der Waals surface area (Å²) < 4.78 is 38.3. The molecular formula is C36H36O9. The Morgan fingerprint density at radius 1 is 0.689 bits per heavy atom. The summed E-state index contributed by atoms with van der Waals surface area (Å²) in [6.07, 6.45) is 4.81. The van der Waals surface area contributed by atoms with E-state index in [-0.39, 0.29) is 13.6 Å². The Bertz CT molecular complexity index is 1590. The highest BCUT2D eigenvalue weighted by molar-refractivity contribution is 5.97. The molecule has 0 aromatic heterocycles. The molecule has 4 aromatic rings. The van der Waals surface area contributed by atoms with Crippen LogP contribution in [-0.2, 0) is 20.7 Å². The predicted molar refractivity (Wildman–Crippen MR) is 170 cm³/mol. The number of hydrogen-bond donors (Lipinski definition) is 0. The van der Waals surface area contributed by atoms with Gasteiger partial charge in [0.05, 0.1) is 25.0 Å². The van der Waals surface area contributed by atoms with Crippen molar-refractivity contribution in [3.8, 4) is 28.7 Å². The van der Waals surface area contributed by atoms with Gasteiger partial charge in [0.25, 0.3) is 0 Å². The Hall–Kier alpha value is -5.28. The Morgan fingerprint density at radius 3 is 2.11 bits per heavy atom. The maximum atomic E-state index is 13.0. The van der Waals surface area contributed by atoms with Crippen molar-refractivity contribution < 1.29 is 42.7 Å². The number of aryl methyl sites for hydroxylation is 1. The molecule has 0 saturated heterocycles. The molecule has 0 spiro atoms. The van der Waals surface area contributed by atoms with Crippen molar-refractivity contribution in [2.75, 3.05) is 26.8 Å². The second-order valence-corrected chi connectivity index (χ2v) is 9.65. The van der Waals surface area contributed by atoms with Gasteiger partial charge in [-0.2, -0.15) is 0 Å². The topological polar surface area (TPSA) is 98.8 Å². The smallest absolute Gasteiger partial charge is 0.343 e. The van der Waals surface area contributed by atoms with E-state index in [4.69, 9.17) is 33.2 Å². The lowest BCUT2D eigenvalue weighted by Crippen LogP contribution is -2.10. The van der Waals surface area contributed by atoms with Crippen molar-refractivity contribution in [3.05, 3.63) is 115 Å². The number of carbonyl (C=O) groups is 2. The van der Waals surface area contributed by atoms with E-state index in [9.17, 15) is 9.59 Å². The molecule has 0 unspecified atom stereocenters. The number of rotatable bonds is 18. The van der Waals surface area contributed by atoms with Crippen LogP contribution in [0.2, 0.25) is 0 Å². The number of hydrogen-bond acceptors (Lipinski definition) is 9. The molecule has 4 rings (SSSR count). The van der Waals surface area contributed by atoms with Gasteiger partial charge in [-0.05, 0) is 102 Å². The molecule has 9 heteroatoms. The van der Waals surface area contributed by atoms with Crippen LogP contribution < -0.4 is 23.7 Å². The number of carbonyl (C=O) groups excluding carboxylic acids is 2. The molecule has 0 atom stereocenters. The summed E-state index contributed by atoms with van der Waals surface area (Å²) >= 11 is 0. The van der Waals surface area contributed by atoms with Gasteiger partial charge in [-0.15, -0.1) is 0 Å². The van der Waals surface area contributed by atoms with Crippen LogP contribution in [0.25, 0.3) is 10.8 Å². The summed E-state index contributed by atoms with van der Waals surface area (Å²) in [7, 11) is 0. The van der Waals surface area contributed by atoms with Crippen LogP contribution in [0.5, 0.6) is 28.7 Å². The van der Waals surface area contributed by atoms with Crippen LogP contribution in [-0.4, -0.2) is 38.7 Å². The number of fused-ring (bicyclic) bond motifs is 1. The van der Waals surface area contributed by atoms with Gasteiger partial charge >= 0.3 is 11.9 Å². The molecule has 0 aliphatic heterocycles. The zero-order valence-electron chi connectivity index (χ0n) is 25.2. The minimum absolute atomic E-state index is 0.00363. The lowest BCUT2D eigenvalue weighted by atomic mass is 10.1. The largest absolute Gasteiger partial charge is 0.494 e. The fourth-order valence-electron chi connectivity index (χ4n) is 4.20. The molecule has 234 valence electrons. The molecule has 0 aliphatic rings. The molecule has 0 amide bonds. The summed E-state index contributed by atoms with van der Waals surface area (Å²) in [5.74, 6) is 1.80. The van der Waals surface area contributed by atoms with E-state index in [0.29, 0.717) is 48.2 Å². The van der Waals surface area contributed by atoms with E-state index in [1.807, 2.05) is 37.3 Å². The molecule has 0 saturated carbocycles. The monoisotopic (exact) mass is 612 g/mol. The van der Waals surface area contributed by atoms with Crippen molar-refractivity contribution in [2.45, 2.75) is 26.2 Å². The van der Waals surface area contributed by atoms with Crippen molar-refractivity contribution >= 4 is 22.7 Å². The van der Waals surface area contributed by atoms with Crippen molar-refractivity contribution in [3.63, 3.8) is 0 Å². The summed E-state index contributed by atoms with van der Waals surface area (Å²) in [6.45, 7) is 10.2. The third kappa shape index (κ3) is 10.1. The first-order valence-corrected chi connectivity index (χ1v) is 14.5. The maximum Gasteiger partial charge on any atom is 0.343 e. The van der Waals surface area contributed by atoms with Gasteiger partial charge < -0.3 is 33.2 Å². The summed E-state index contributed by atoms with van der Waals surface area (Å²) in [5.41, 5.74) is 1.21. The first-order valence-electron chi connectivity index (χ1n) is 14.5. The maximum absolute atomic E-state index is 13.0. The van der Waals surface area contributed by atoms with Gasteiger partial charge in [0.15, 0.2) is 6.79 Å². The Labute approximate surface area is 262 Å². The molecule has 45 heavy (non-hydrogen) atoms. The highest BCUT2D eigenvalue weighted by Crippen LogP contribution is 2.28. The molecule has 4 aromatic carbocycles. The van der Waals surface area contributed by atoms with E-state index in [2.05, 4.69) is 13.2 Å². The fourth-order valence-corrected chi connectivity index (χ4v) is 4.20. The van der Waals surface area contributed by atoms with Crippen LogP contribution >= 0.6 is 0 Å². The molecule has 0 bridgehead atoms. The van der Waals surface area contributed by atoms with Crippen LogP contribution in [0.4, 0.5) is 0 Å². The average Bonchev–Trinajstić information content (AvgIpc) is 3.06. The molecule has 9 nitrogen and oxygen atoms in total. The quantitative estimate of drug-likeness (QED) is 0.0284. The normalized spacial score (nSPS) is 10.5. The van der Waals surface area contributed by atoms with Gasteiger partial charge in [-0.25, -0.2) is 9.59 Å². The molecular weight excluding hydrogens is 576 g/mol. The van der Waals surface area contributed by atoms with E-state index in [1.54, 1.807) is 48.5 Å². The van der Waals surface area contributed by atoms with Crippen LogP contribution in [0.3, 0.4) is 0 Å². The van der Waals surface area contributed by atoms with E-state index >= 15 is 0 Å². The summed E-state index contributed by atoms with van der Waals surface area (Å²) in [5, 5.41) is 1.62. The van der Waals surface area contributed by atoms with E-state index in [1.165, 1.54) is 6.26 Å². The lowest BCUT2D eigenvalue weighted by Gasteiger charge is -2.13. The summed E-state index contributed by atoms with van der Waals surface area (Å²) in [4.78, 5) is 24.4. The Morgan fingerprint density at radius 2 is 1.36 bits per heavy atom. The van der Waals surface area contributed by atoms with Gasteiger partial charge in [0, 0.05) is 6.08 Å². The predicted octanol–water partition coefficient (Wildman–Crippen LogP) is 7.42. The average molecular weight is 613 g/mol. The highest BCUT2D eigenvalue weighted by Gasteiger charge is 2.14. The Balaban J connectivity index is 1.24. The molecule has 0 aliphatic carbocycles. The Kier molecular flexibility index (Phi) is 12.4. The van der Waals surface area contributed by atoms with E-state index < -0.39 is 11.9 Å². The third-order valence-electron chi connectivity index (χ3n) is 6.54. The lowest BCUT2D eigenvalue weighted by molar-refractivity contribution is -0.128. The first kappa shape index (κ1) is 32.6.